The van der Waals surface area contributed by atoms with Gasteiger partial charge in [0.1, 0.15) is 23.9 Å². The molecule has 0 spiro atoms. The molecule has 0 saturated heterocycles. The van der Waals surface area contributed by atoms with Crippen molar-refractivity contribution in [3.8, 4) is 5.75 Å². The minimum Gasteiger partial charge on any atom is -0.508 e. The van der Waals surface area contributed by atoms with Gasteiger partial charge in [0.05, 0.1) is 12.6 Å². The van der Waals surface area contributed by atoms with E-state index >= 15 is 0 Å². The van der Waals surface area contributed by atoms with E-state index in [1.807, 2.05) is 0 Å². The Kier molecular flexibility index (Phi) is 9.03. The zero-order valence-electron chi connectivity index (χ0n) is 16.1. The molecule has 0 heterocycles. The lowest BCUT2D eigenvalue weighted by atomic mass is 10.0. The number of rotatable bonds is 10. The van der Waals surface area contributed by atoms with Crippen LogP contribution in [-0.4, -0.2) is 69.8 Å². The summed E-state index contributed by atoms with van der Waals surface area (Å²) in [6, 6.07) is 2.09. The molecule has 0 saturated carbocycles. The second-order valence-electron chi connectivity index (χ2n) is 6.49. The van der Waals surface area contributed by atoms with E-state index in [4.69, 9.17) is 10.8 Å². The molecule has 0 fully saturated rings. The maximum absolute atomic E-state index is 12.6. The van der Waals surface area contributed by atoms with Gasteiger partial charge in [0.25, 0.3) is 0 Å². The van der Waals surface area contributed by atoms with Crippen LogP contribution in [0.3, 0.4) is 0 Å². The highest BCUT2D eigenvalue weighted by atomic mass is 16.4. The summed E-state index contributed by atoms with van der Waals surface area (Å²) in [4.78, 5) is 47.6. The molecule has 4 unspecified atom stereocenters. The van der Waals surface area contributed by atoms with Gasteiger partial charge in [0.15, 0.2) is 0 Å². The summed E-state index contributed by atoms with van der Waals surface area (Å²) < 4.78 is 0. The molecule has 0 bridgehead atoms. The number of nitrogens with two attached hydrogens (primary N) is 1. The molecule has 0 radical (unpaired) electrons. The zero-order valence-corrected chi connectivity index (χ0v) is 16.1. The lowest BCUT2D eigenvalue weighted by molar-refractivity contribution is -0.141. The van der Waals surface area contributed by atoms with Crippen molar-refractivity contribution in [2.24, 2.45) is 5.73 Å². The van der Waals surface area contributed by atoms with Gasteiger partial charge in [-0.15, -0.1) is 0 Å². The first-order chi connectivity index (χ1) is 13.5. The third-order valence-electron chi connectivity index (χ3n) is 4.01. The van der Waals surface area contributed by atoms with Crippen LogP contribution in [0.5, 0.6) is 5.75 Å². The van der Waals surface area contributed by atoms with Gasteiger partial charge in [-0.05, 0) is 31.5 Å². The third-order valence-corrected chi connectivity index (χ3v) is 4.01. The third kappa shape index (κ3) is 7.76. The lowest BCUT2D eigenvalue weighted by Crippen LogP contribution is -2.59. The van der Waals surface area contributed by atoms with E-state index in [0.717, 1.165) is 0 Å². The Hall–Kier alpha value is -3.18. The summed E-state index contributed by atoms with van der Waals surface area (Å²) in [5.41, 5.74) is 5.78. The molecule has 29 heavy (non-hydrogen) atoms. The van der Waals surface area contributed by atoms with Crippen LogP contribution in [0, 0.1) is 0 Å². The number of hydrogen-bond acceptors (Lipinski definition) is 7. The van der Waals surface area contributed by atoms with Crippen LogP contribution < -0.4 is 21.7 Å². The fraction of sp³-hybridized carbons (Fsp3) is 0.444. The molecule has 11 nitrogen and oxygen atoms in total. The Bertz CT molecular complexity index is 736. The largest absolute Gasteiger partial charge is 0.508 e. The average molecular weight is 410 g/mol. The van der Waals surface area contributed by atoms with Gasteiger partial charge in [-0.3, -0.25) is 19.2 Å². The SMILES string of the molecule is CC(NC(=O)C(Cc1ccc(O)cc1)NC(=O)C(NC(=O)CN)C(C)O)C(=O)O. The summed E-state index contributed by atoms with van der Waals surface area (Å²) in [5, 5.41) is 35.1. The van der Waals surface area contributed by atoms with Crippen molar-refractivity contribution in [3.05, 3.63) is 29.8 Å². The molecule has 3 amide bonds. The Morgan fingerprint density at radius 1 is 1.00 bits per heavy atom. The minimum absolute atomic E-state index is 0.0111. The summed E-state index contributed by atoms with van der Waals surface area (Å²) in [6.45, 7) is 2.15. The Labute approximate surface area is 167 Å². The van der Waals surface area contributed by atoms with Gasteiger partial charge >= 0.3 is 5.97 Å². The molecule has 0 aliphatic heterocycles. The van der Waals surface area contributed by atoms with Gasteiger partial charge in [0, 0.05) is 6.42 Å². The number of aliphatic hydroxyl groups excluding tert-OH is 1. The number of benzene rings is 1. The monoisotopic (exact) mass is 410 g/mol. The molecular formula is C18H26N4O7. The number of aliphatic carboxylic acids is 1. The van der Waals surface area contributed by atoms with Crippen LogP contribution in [0.1, 0.15) is 19.4 Å². The van der Waals surface area contributed by atoms with Gasteiger partial charge in [0.2, 0.25) is 17.7 Å². The number of amides is 3. The standard InChI is InChI=1S/C18H26N4O7/c1-9(18(28)29)20-16(26)13(7-11-3-5-12(24)6-4-11)21-17(27)15(10(2)23)22-14(25)8-19/h3-6,9-10,13,15,23-24H,7-8,19H2,1-2H3,(H,20,26)(H,21,27)(H,22,25)(H,28,29). The van der Waals surface area contributed by atoms with Crippen molar-refractivity contribution in [1.82, 2.24) is 16.0 Å². The summed E-state index contributed by atoms with van der Waals surface area (Å²) in [6.07, 6.45) is -1.30. The normalized spacial score (nSPS) is 14.8. The van der Waals surface area contributed by atoms with Crippen molar-refractivity contribution in [1.29, 1.82) is 0 Å². The number of carboxylic acid groups (broad SMARTS) is 1. The van der Waals surface area contributed by atoms with E-state index in [-0.39, 0.29) is 12.2 Å². The minimum atomic E-state index is -1.36. The van der Waals surface area contributed by atoms with Crippen molar-refractivity contribution < 1.29 is 34.5 Å². The van der Waals surface area contributed by atoms with E-state index in [2.05, 4.69) is 16.0 Å². The number of carbonyl (C=O) groups is 4. The summed E-state index contributed by atoms with van der Waals surface area (Å²) >= 11 is 0. The zero-order chi connectivity index (χ0) is 22.1. The van der Waals surface area contributed by atoms with Crippen molar-refractivity contribution in [2.75, 3.05) is 6.54 Å². The first kappa shape index (κ1) is 23.9. The van der Waals surface area contributed by atoms with Gasteiger partial charge in [-0.2, -0.15) is 0 Å². The number of aliphatic hydroxyl groups is 1. The second kappa shape index (κ2) is 11.0. The first-order valence-electron chi connectivity index (χ1n) is 8.84. The number of carboxylic acids is 1. The van der Waals surface area contributed by atoms with Crippen molar-refractivity contribution >= 4 is 23.7 Å². The van der Waals surface area contributed by atoms with Crippen LogP contribution in [0.15, 0.2) is 24.3 Å². The smallest absolute Gasteiger partial charge is 0.325 e. The Morgan fingerprint density at radius 3 is 2.07 bits per heavy atom. The average Bonchev–Trinajstić information content (AvgIpc) is 2.66. The topological polar surface area (TPSA) is 191 Å². The van der Waals surface area contributed by atoms with E-state index < -0.39 is 54.5 Å². The number of hydrogen-bond donors (Lipinski definition) is 7. The summed E-state index contributed by atoms with van der Waals surface area (Å²) in [7, 11) is 0. The van der Waals surface area contributed by atoms with Gasteiger partial charge in [-0.1, -0.05) is 12.1 Å². The maximum atomic E-state index is 12.6. The molecule has 4 atom stereocenters. The molecule has 0 aliphatic rings. The molecule has 1 aromatic rings. The van der Waals surface area contributed by atoms with Crippen LogP contribution in [0.4, 0.5) is 0 Å². The number of aromatic hydroxyl groups is 1. The van der Waals surface area contributed by atoms with Crippen molar-refractivity contribution in [3.63, 3.8) is 0 Å². The van der Waals surface area contributed by atoms with Gasteiger partial charge in [-0.25, -0.2) is 0 Å². The predicted octanol–water partition coefficient (Wildman–Crippen LogP) is -2.17. The van der Waals surface area contributed by atoms with E-state index in [9.17, 15) is 29.4 Å². The molecule has 0 aliphatic carbocycles. The molecular weight excluding hydrogens is 384 g/mol. The quantitative estimate of drug-likeness (QED) is 0.227. The molecule has 160 valence electrons. The highest BCUT2D eigenvalue weighted by molar-refractivity contribution is 5.94. The Morgan fingerprint density at radius 2 is 1.59 bits per heavy atom. The molecule has 1 aromatic carbocycles. The number of nitrogens with one attached hydrogen (secondary N) is 3. The lowest BCUT2D eigenvalue weighted by Gasteiger charge is -2.25. The number of phenols is 1. The van der Waals surface area contributed by atoms with Crippen LogP contribution in [0.2, 0.25) is 0 Å². The maximum Gasteiger partial charge on any atom is 0.325 e. The number of carbonyl (C=O) groups excluding carboxylic acids is 3. The van der Waals surface area contributed by atoms with E-state index in [0.29, 0.717) is 5.56 Å². The fourth-order valence-corrected chi connectivity index (χ4v) is 2.35. The highest BCUT2D eigenvalue weighted by Gasteiger charge is 2.30. The van der Waals surface area contributed by atoms with E-state index in [1.54, 1.807) is 0 Å². The molecule has 0 aromatic heterocycles. The van der Waals surface area contributed by atoms with Crippen LogP contribution >= 0.6 is 0 Å². The molecule has 8 N–H and O–H groups in total. The Balaban J connectivity index is 3.03. The molecule has 11 heteroatoms. The van der Waals surface area contributed by atoms with Gasteiger partial charge < -0.3 is 37.0 Å². The second-order valence-corrected chi connectivity index (χ2v) is 6.49. The van der Waals surface area contributed by atoms with Crippen LogP contribution in [0.25, 0.3) is 0 Å². The molecule has 1 rings (SSSR count). The first-order valence-corrected chi connectivity index (χ1v) is 8.84. The highest BCUT2D eigenvalue weighted by Crippen LogP contribution is 2.12. The van der Waals surface area contributed by atoms with Crippen molar-refractivity contribution in [2.45, 2.75) is 44.5 Å². The predicted molar refractivity (Wildman–Crippen MR) is 102 cm³/mol. The number of phenolic OH excluding ortho intramolecular Hbond substituents is 1. The summed E-state index contributed by atoms with van der Waals surface area (Å²) in [5.74, 6) is -3.54. The fourth-order valence-electron chi connectivity index (χ4n) is 2.35. The van der Waals surface area contributed by atoms with E-state index in [1.165, 1.54) is 38.1 Å². The van der Waals surface area contributed by atoms with Crippen LogP contribution in [-0.2, 0) is 25.6 Å².